The predicted octanol–water partition coefficient (Wildman–Crippen LogP) is 3.46. The minimum absolute atomic E-state index is 0.138. The number of hydrogen-bond donors (Lipinski definition) is 3. The standard InChI is InChI=1S/C18H23F3N4O2/c1-3-5-11(22)15-12(23)6-7-25(13(15)4-2)17(27)10-8-14(26)16(24-9-10)18(19,20)21/h8-9,13,22,26H,3-7,23H2,1-2H3. The Bertz CT molecular complexity index is 774. The van der Waals surface area contributed by atoms with Crippen LogP contribution in [0.4, 0.5) is 13.2 Å². The van der Waals surface area contributed by atoms with E-state index in [1.54, 1.807) is 0 Å². The average molecular weight is 384 g/mol. The van der Waals surface area contributed by atoms with Crippen molar-refractivity contribution < 1.29 is 23.1 Å². The van der Waals surface area contributed by atoms with Gasteiger partial charge in [0, 0.05) is 36.1 Å². The van der Waals surface area contributed by atoms with Gasteiger partial charge >= 0.3 is 6.18 Å². The molecule has 0 saturated carbocycles. The Morgan fingerprint density at radius 1 is 1.44 bits per heavy atom. The topological polar surface area (TPSA) is 103 Å². The summed E-state index contributed by atoms with van der Waals surface area (Å²) >= 11 is 0. The third-order valence-corrected chi connectivity index (χ3v) is 4.53. The summed E-state index contributed by atoms with van der Waals surface area (Å²) in [6, 6.07) is 0.346. The molecule has 1 unspecified atom stereocenters. The van der Waals surface area contributed by atoms with Gasteiger partial charge in [-0.05, 0) is 18.9 Å². The van der Waals surface area contributed by atoms with Crippen LogP contribution in [0.5, 0.6) is 5.75 Å². The molecular formula is C18H23F3N4O2. The first-order valence-electron chi connectivity index (χ1n) is 8.75. The zero-order chi connectivity index (χ0) is 20.4. The molecule has 0 spiro atoms. The summed E-state index contributed by atoms with van der Waals surface area (Å²) in [5.74, 6) is -1.64. The second-order valence-corrected chi connectivity index (χ2v) is 6.43. The van der Waals surface area contributed by atoms with E-state index < -0.39 is 29.6 Å². The monoisotopic (exact) mass is 384 g/mol. The van der Waals surface area contributed by atoms with Gasteiger partial charge in [0.05, 0.1) is 11.6 Å². The maximum Gasteiger partial charge on any atom is 0.437 e. The average Bonchev–Trinajstić information content (AvgIpc) is 2.59. The first kappa shape index (κ1) is 20.7. The van der Waals surface area contributed by atoms with E-state index in [0.29, 0.717) is 36.2 Å². The number of halogens is 3. The van der Waals surface area contributed by atoms with Crippen LogP contribution in [0.1, 0.15) is 55.6 Å². The molecule has 0 aliphatic carbocycles. The second-order valence-electron chi connectivity index (χ2n) is 6.43. The highest BCUT2D eigenvalue weighted by molar-refractivity contribution is 6.02. The summed E-state index contributed by atoms with van der Waals surface area (Å²) in [7, 11) is 0. The Balaban J connectivity index is 2.36. The molecule has 1 aromatic rings. The molecule has 6 nitrogen and oxygen atoms in total. The Kier molecular flexibility index (Phi) is 6.12. The van der Waals surface area contributed by atoms with Gasteiger partial charge < -0.3 is 21.1 Å². The molecule has 0 bridgehead atoms. The van der Waals surface area contributed by atoms with Gasteiger partial charge in [-0.15, -0.1) is 0 Å². The van der Waals surface area contributed by atoms with Gasteiger partial charge in [-0.1, -0.05) is 20.3 Å². The van der Waals surface area contributed by atoms with Gasteiger partial charge in [-0.25, -0.2) is 4.98 Å². The molecule has 1 aromatic heterocycles. The Morgan fingerprint density at radius 2 is 2.11 bits per heavy atom. The molecule has 0 radical (unpaired) electrons. The molecule has 1 amide bonds. The van der Waals surface area contributed by atoms with Crippen LogP contribution in [-0.4, -0.2) is 39.2 Å². The Labute approximate surface area is 155 Å². The Hall–Kier alpha value is -2.58. The summed E-state index contributed by atoms with van der Waals surface area (Å²) in [6.07, 6.45) is -1.82. The Morgan fingerprint density at radius 3 is 2.63 bits per heavy atom. The van der Waals surface area contributed by atoms with Crippen molar-refractivity contribution in [3.05, 3.63) is 34.8 Å². The molecular weight excluding hydrogens is 361 g/mol. The lowest BCUT2D eigenvalue weighted by Gasteiger charge is -2.38. The second kappa shape index (κ2) is 7.98. The molecule has 2 heterocycles. The van der Waals surface area contributed by atoms with E-state index in [0.717, 1.165) is 18.7 Å². The van der Waals surface area contributed by atoms with Crippen LogP contribution in [-0.2, 0) is 6.18 Å². The molecule has 9 heteroatoms. The summed E-state index contributed by atoms with van der Waals surface area (Å²) in [5.41, 5.74) is 6.07. The van der Waals surface area contributed by atoms with Crippen LogP contribution in [0.2, 0.25) is 0 Å². The van der Waals surface area contributed by atoms with Crippen molar-refractivity contribution in [3.63, 3.8) is 0 Å². The molecule has 148 valence electrons. The fraction of sp³-hybridized carbons (Fsp3) is 0.500. The first-order chi connectivity index (χ1) is 12.6. The van der Waals surface area contributed by atoms with Crippen molar-refractivity contribution in [1.82, 2.24) is 9.88 Å². The number of nitrogens with one attached hydrogen (secondary N) is 1. The zero-order valence-corrected chi connectivity index (χ0v) is 15.2. The smallest absolute Gasteiger partial charge is 0.437 e. The van der Waals surface area contributed by atoms with Crippen LogP contribution in [0.3, 0.4) is 0 Å². The molecule has 0 fully saturated rings. The molecule has 1 aliphatic heterocycles. The molecule has 0 saturated heterocycles. The SMILES string of the molecule is CCCC(=N)C1=C(N)CCN(C(=O)c2cnc(C(F)(F)F)c(O)c2)C1CC. The molecule has 0 aromatic carbocycles. The van der Waals surface area contributed by atoms with E-state index in [1.165, 1.54) is 4.90 Å². The first-order valence-corrected chi connectivity index (χ1v) is 8.75. The van der Waals surface area contributed by atoms with Gasteiger partial charge in [0.1, 0.15) is 5.75 Å². The number of nitrogens with zero attached hydrogens (tertiary/aromatic N) is 2. The predicted molar refractivity (Wildman–Crippen MR) is 94.5 cm³/mol. The van der Waals surface area contributed by atoms with Crippen LogP contribution in [0.15, 0.2) is 23.5 Å². The van der Waals surface area contributed by atoms with Gasteiger partial charge in [0.2, 0.25) is 0 Å². The van der Waals surface area contributed by atoms with Crippen molar-refractivity contribution in [2.45, 2.75) is 51.7 Å². The summed E-state index contributed by atoms with van der Waals surface area (Å²) < 4.78 is 38.2. The van der Waals surface area contributed by atoms with Gasteiger partial charge in [-0.2, -0.15) is 13.2 Å². The van der Waals surface area contributed by atoms with Gasteiger partial charge in [-0.3, -0.25) is 4.79 Å². The number of nitrogens with two attached hydrogens (primary N) is 1. The molecule has 1 atom stereocenters. The number of pyridine rings is 1. The van der Waals surface area contributed by atoms with Crippen LogP contribution in [0.25, 0.3) is 0 Å². The number of aromatic hydroxyl groups is 1. The highest BCUT2D eigenvalue weighted by atomic mass is 19.4. The molecule has 4 N–H and O–H groups in total. The zero-order valence-electron chi connectivity index (χ0n) is 15.2. The van der Waals surface area contributed by atoms with Gasteiger partial charge in [0.15, 0.2) is 5.69 Å². The van der Waals surface area contributed by atoms with Gasteiger partial charge in [0.25, 0.3) is 5.91 Å². The lowest BCUT2D eigenvalue weighted by Crippen LogP contribution is -2.47. The fourth-order valence-electron chi connectivity index (χ4n) is 3.30. The van der Waals surface area contributed by atoms with Crippen molar-refractivity contribution in [2.75, 3.05) is 6.54 Å². The highest BCUT2D eigenvalue weighted by Gasteiger charge is 2.37. The number of aromatic nitrogens is 1. The molecule has 27 heavy (non-hydrogen) atoms. The maximum absolute atomic E-state index is 12.9. The van der Waals surface area contributed by atoms with E-state index >= 15 is 0 Å². The molecule has 1 aliphatic rings. The largest absolute Gasteiger partial charge is 0.506 e. The third-order valence-electron chi connectivity index (χ3n) is 4.53. The van der Waals surface area contributed by atoms with Crippen molar-refractivity contribution in [3.8, 4) is 5.75 Å². The number of carbonyl (C=O) groups is 1. The van der Waals surface area contributed by atoms with E-state index in [-0.39, 0.29) is 12.1 Å². The lowest BCUT2D eigenvalue weighted by atomic mass is 9.89. The summed E-state index contributed by atoms with van der Waals surface area (Å²) in [6.45, 7) is 4.08. The number of rotatable bonds is 5. The summed E-state index contributed by atoms with van der Waals surface area (Å²) in [4.78, 5) is 17.6. The number of hydrogen-bond acceptors (Lipinski definition) is 5. The maximum atomic E-state index is 12.9. The number of amides is 1. The lowest BCUT2D eigenvalue weighted by molar-refractivity contribution is -0.142. The quantitative estimate of drug-likeness (QED) is 0.676. The summed E-state index contributed by atoms with van der Waals surface area (Å²) in [5, 5.41) is 17.9. The minimum Gasteiger partial charge on any atom is -0.506 e. The van der Waals surface area contributed by atoms with Crippen molar-refractivity contribution in [1.29, 1.82) is 5.41 Å². The number of carbonyl (C=O) groups excluding carboxylic acids is 1. The van der Waals surface area contributed by atoms with E-state index in [2.05, 4.69) is 4.98 Å². The normalized spacial score (nSPS) is 18.0. The third kappa shape index (κ3) is 4.23. The molecule has 2 rings (SSSR count). The van der Waals surface area contributed by atoms with E-state index in [9.17, 15) is 23.1 Å². The van der Waals surface area contributed by atoms with Crippen molar-refractivity contribution >= 4 is 11.6 Å². The van der Waals surface area contributed by atoms with Crippen LogP contribution >= 0.6 is 0 Å². The van der Waals surface area contributed by atoms with Crippen molar-refractivity contribution in [2.24, 2.45) is 5.73 Å². The number of alkyl halides is 3. The van der Waals surface area contributed by atoms with E-state index in [4.69, 9.17) is 11.1 Å². The van der Waals surface area contributed by atoms with E-state index in [1.807, 2.05) is 13.8 Å². The van der Waals surface area contributed by atoms with Crippen LogP contribution in [0, 0.1) is 5.41 Å². The fourth-order valence-corrected chi connectivity index (χ4v) is 3.30. The van der Waals surface area contributed by atoms with Crippen LogP contribution < -0.4 is 5.73 Å². The highest BCUT2D eigenvalue weighted by Crippen LogP contribution is 2.35. The minimum atomic E-state index is -4.80.